The van der Waals surface area contributed by atoms with Crippen molar-refractivity contribution in [2.75, 3.05) is 13.2 Å². The van der Waals surface area contributed by atoms with Crippen molar-refractivity contribution in [2.24, 2.45) is 0 Å². The quantitative estimate of drug-likeness (QED) is 0.187. The molecule has 0 atom stereocenters. The number of rotatable bonds is 6. The van der Waals surface area contributed by atoms with Gasteiger partial charge in [-0.25, -0.2) is 9.59 Å². The van der Waals surface area contributed by atoms with Crippen LogP contribution in [-0.2, 0) is 9.47 Å². The Morgan fingerprint density at radius 3 is 1.08 bits per heavy atom. The van der Waals surface area contributed by atoms with Crippen LogP contribution in [0.4, 0.5) is 0 Å². The molecule has 0 unspecified atom stereocenters. The van der Waals surface area contributed by atoms with Gasteiger partial charge in [-0.3, -0.25) is 0 Å². The molecule has 0 heterocycles. The number of hydrogen-bond acceptors (Lipinski definition) is 4. The van der Waals surface area contributed by atoms with Gasteiger partial charge in [0.2, 0.25) is 0 Å². The number of ether oxygens (including phenoxy) is 2. The van der Waals surface area contributed by atoms with Crippen LogP contribution in [0.25, 0.3) is 43.8 Å². The highest BCUT2D eigenvalue weighted by Gasteiger charge is 2.17. The van der Waals surface area contributed by atoms with Crippen LogP contribution in [0.3, 0.4) is 0 Å². The van der Waals surface area contributed by atoms with Crippen LogP contribution in [0.1, 0.15) is 34.6 Å². The maximum Gasteiger partial charge on any atom is 0.338 e. The van der Waals surface area contributed by atoms with Crippen molar-refractivity contribution in [3.63, 3.8) is 0 Å². The molecule has 0 saturated carbocycles. The lowest BCUT2D eigenvalue weighted by Gasteiger charge is -2.18. The second kappa shape index (κ2) is 10.0. The average Bonchev–Trinajstić information content (AvgIpc) is 2.92. The smallest absolute Gasteiger partial charge is 0.338 e. The fraction of sp³-hybridized carbons (Fsp3) is 0.125. The van der Waals surface area contributed by atoms with Crippen LogP contribution in [-0.4, -0.2) is 25.2 Å². The second-order valence-corrected chi connectivity index (χ2v) is 8.44. The topological polar surface area (TPSA) is 52.6 Å². The summed E-state index contributed by atoms with van der Waals surface area (Å²) in [5.41, 5.74) is 5.35. The SMILES string of the molecule is CCOC(=O)c1ccc(-c2c3ccccc3c(-c3ccc(C(=O)OCC)cc3)c3ccccc23)cc1. The van der Waals surface area contributed by atoms with Gasteiger partial charge in [0.15, 0.2) is 0 Å². The minimum Gasteiger partial charge on any atom is -0.462 e. The van der Waals surface area contributed by atoms with Crippen LogP contribution in [0.15, 0.2) is 97.1 Å². The van der Waals surface area contributed by atoms with Crippen molar-refractivity contribution in [1.29, 1.82) is 0 Å². The first-order valence-corrected chi connectivity index (χ1v) is 12.1. The predicted octanol–water partition coefficient (Wildman–Crippen LogP) is 7.68. The molecular formula is C32H26O4. The van der Waals surface area contributed by atoms with E-state index in [4.69, 9.17) is 9.47 Å². The van der Waals surface area contributed by atoms with Gasteiger partial charge in [-0.2, -0.15) is 0 Å². The van der Waals surface area contributed by atoms with Crippen molar-refractivity contribution in [1.82, 2.24) is 0 Å². The molecule has 0 fully saturated rings. The Morgan fingerprint density at radius 2 is 0.806 bits per heavy atom. The summed E-state index contributed by atoms with van der Waals surface area (Å²) in [4.78, 5) is 24.3. The molecule has 36 heavy (non-hydrogen) atoms. The minimum absolute atomic E-state index is 0.319. The summed E-state index contributed by atoms with van der Waals surface area (Å²) in [7, 11) is 0. The van der Waals surface area contributed by atoms with Gasteiger partial charge in [-0.05, 0) is 81.9 Å². The zero-order valence-electron chi connectivity index (χ0n) is 20.3. The lowest BCUT2D eigenvalue weighted by atomic mass is 9.86. The van der Waals surface area contributed by atoms with Gasteiger partial charge in [0.1, 0.15) is 0 Å². The van der Waals surface area contributed by atoms with E-state index in [1.807, 2.05) is 72.8 Å². The molecule has 5 aromatic rings. The standard InChI is InChI=1S/C32H26O4/c1-3-35-31(33)23-17-13-21(14-18-23)29-25-9-5-7-11-27(25)30(28-12-8-6-10-26(28)29)22-15-19-24(20-16-22)32(34)36-4-2/h5-20H,3-4H2,1-2H3. The van der Waals surface area contributed by atoms with E-state index in [1.165, 1.54) is 0 Å². The van der Waals surface area contributed by atoms with E-state index >= 15 is 0 Å². The van der Waals surface area contributed by atoms with Crippen molar-refractivity contribution < 1.29 is 19.1 Å². The molecule has 0 bridgehead atoms. The number of benzene rings is 5. The third-order valence-electron chi connectivity index (χ3n) is 6.30. The molecule has 5 aromatic carbocycles. The third kappa shape index (κ3) is 4.22. The molecule has 0 spiro atoms. The summed E-state index contributed by atoms with van der Waals surface area (Å²) >= 11 is 0. The third-order valence-corrected chi connectivity index (χ3v) is 6.30. The molecule has 0 amide bonds. The molecule has 0 saturated heterocycles. The largest absolute Gasteiger partial charge is 0.462 e. The Labute approximate surface area is 210 Å². The van der Waals surface area contributed by atoms with Crippen molar-refractivity contribution in [3.05, 3.63) is 108 Å². The molecule has 178 valence electrons. The predicted molar refractivity (Wildman–Crippen MR) is 144 cm³/mol. The van der Waals surface area contributed by atoms with E-state index in [2.05, 4.69) is 24.3 Å². The van der Waals surface area contributed by atoms with Crippen LogP contribution >= 0.6 is 0 Å². The molecule has 5 rings (SSSR count). The Kier molecular flexibility index (Phi) is 6.50. The summed E-state index contributed by atoms with van der Waals surface area (Å²) in [6.45, 7) is 4.29. The number of carbonyl (C=O) groups is 2. The molecule has 4 nitrogen and oxygen atoms in total. The first-order chi connectivity index (χ1) is 17.6. The van der Waals surface area contributed by atoms with Crippen LogP contribution in [0.2, 0.25) is 0 Å². The highest BCUT2D eigenvalue weighted by atomic mass is 16.5. The van der Waals surface area contributed by atoms with Gasteiger partial charge in [-0.1, -0.05) is 72.8 Å². The monoisotopic (exact) mass is 474 g/mol. The summed E-state index contributed by atoms with van der Waals surface area (Å²) in [6, 6.07) is 31.9. The van der Waals surface area contributed by atoms with E-state index in [0.29, 0.717) is 24.3 Å². The van der Waals surface area contributed by atoms with E-state index in [-0.39, 0.29) is 11.9 Å². The van der Waals surface area contributed by atoms with Gasteiger partial charge in [0.25, 0.3) is 0 Å². The zero-order valence-corrected chi connectivity index (χ0v) is 20.3. The molecule has 0 aliphatic heterocycles. The molecule has 0 aromatic heterocycles. The fourth-order valence-corrected chi connectivity index (χ4v) is 4.73. The van der Waals surface area contributed by atoms with Gasteiger partial charge < -0.3 is 9.47 Å². The Balaban J connectivity index is 1.72. The zero-order chi connectivity index (χ0) is 25.1. The molecule has 0 N–H and O–H groups in total. The average molecular weight is 475 g/mol. The summed E-state index contributed by atoms with van der Waals surface area (Å²) < 4.78 is 10.3. The Morgan fingerprint density at radius 1 is 0.500 bits per heavy atom. The Hall–Kier alpha value is -4.44. The lowest BCUT2D eigenvalue weighted by molar-refractivity contribution is 0.0517. The molecule has 4 heteroatoms. The van der Waals surface area contributed by atoms with E-state index in [9.17, 15) is 9.59 Å². The summed E-state index contributed by atoms with van der Waals surface area (Å²) in [5.74, 6) is -0.638. The molecular weight excluding hydrogens is 448 g/mol. The van der Waals surface area contributed by atoms with Crippen LogP contribution < -0.4 is 0 Å². The van der Waals surface area contributed by atoms with Gasteiger partial charge in [0, 0.05) is 0 Å². The number of esters is 2. The fourth-order valence-electron chi connectivity index (χ4n) is 4.73. The summed E-state index contributed by atoms with van der Waals surface area (Å²) in [6.07, 6.45) is 0. The van der Waals surface area contributed by atoms with E-state index in [0.717, 1.165) is 43.8 Å². The van der Waals surface area contributed by atoms with Gasteiger partial charge in [-0.15, -0.1) is 0 Å². The number of fused-ring (bicyclic) bond motifs is 2. The first kappa shape index (κ1) is 23.3. The highest BCUT2D eigenvalue weighted by molar-refractivity contribution is 6.21. The van der Waals surface area contributed by atoms with Gasteiger partial charge >= 0.3 is 11.9 Å². The molecule has 0 aliphatic rings. The maximum atomic E-state index is 12.2. The first-order valence-electron chi connectivity index (χ1n) is 12.1. The molecule has 0 radical (unpaired) electrons. The summed E-state index contributed by atoms with van der Waals surface area (Å²) in [5, 5.41) is 4.46. The number of carbonyl (C=O) groups excluding carboxylic acids is 2. The van der Waals surface area contributed by atoms with Crippen LogP contribution in [0.5, 0.6) is 0 Å². The maximum absolute atomic E-state index is 12.2. The second-order valence-electron chi connectivity index (χ2n) is 8.44. The van der Waals surface area contributed by atoms with E-state index < -0.39 is 0 Å². The van der Waals surface area contributed by atoms with Crippen molar-refractivity contribution in [3.8, 4) is 22.3 Å². The lowest BCUT2D eigenvalue weighted by Crippen LogP contribution is -2.04. The van der Waals surface area contributed by atoms with Crippen molar-refractivity contribution in [2.45, 2.75) is 13.8 Å². The minimum atomic E-state index is -0.319. The van der Waals surface area contributed by atoms with E-state index in [1.54, 1.807) is 13.8 Å². The molecule has 0 aliphatic carbocycles. The Bertz CT molecular complexity index is 1390. The normalized spacial score (nSPS) is 10.9. The number of hydrogen-bond donors (Lipinski definition) is 0. The van der Waals surface area contributed by atoms with Crippen molar-refractivity contribution >= 4 is 33.5 Å². The highest BCUT2D eigenvalue weighted by Crippen LogP contribution is 2.43. The van der Waals surface area contributed by atoms with Gasteiger partial charge in [0.05, 0.1) is 24.3 Å². The van der Waals surface area contributed by atoms with Crippen LogP contribution in [0, 0.1) is 0 Å².